The van der Waals surface area contributed by atoms with Gasteiger partial charge in [0.1, 0.15) is 11.6 Å². The second-order valence-corrected chi connectivity index (χ2v) is 9.40. The fourth-order valence-electron chi connectivity index (χ4n) is 3.13. The number of carbonyl (C=O) groups excluding carboxylic acids is 1. The van der Waals surface area contributed by atoms with Crippen LogP contribution in [0.4, 0.5) is 10.1 Å². The van der Waals surface area contributed by atoms with E-state index in [1.54, 1.807) is 30.3 Å². The maximum absolute atomic E-state index is 13.2. The minimum absolute atomic E-state index is 0.117. The number of hydrogen-bond donors (Lipinski definition) is 1. The predicted molar refractivity (Wildman–Crippen MR) is 135 cm³/mol. The van der Waals surface area contributed by atoms with Crippen LogP contribution >= 0.6 is 39.3 Å². The molecule has 1 unspecified atom stereocenters. The molecule has 174 valence electrons. The minimum Gasteiger partial charge on any atom is -0.483 e. The molecule has 34 heavy (non-hydrogen) atoms. The quantitative estimate of drug-likeness (QED) is 0.243. The van der Waals surface area contributed by atoms with E-state index in [0.29, 0.717) is 27.4 Å². The molecule has 0 spiro atoms. The molecule has 0 aliphatic rings. The number of thioether (sulfide) groups is 1. The first-order chi connectivity index (χ1) is 16.4. The highest BCUT2D eigenvalue weighted by Crippen LogP contribution is 2.29. The zero-order chi connectivity index (χ0) is 24.1. The summed E-state index contributed by atoms with van der Waals surface area (Å²) in [6.45, 7) is 1.84. The molecule has 3 aromatic carbocycles. The molecule has 1 heterocycles. The molecule has 0 aliphatic carbocycles. The summed E-state index contributed by atoms with van der Waals surface area (Å²) in [4.78, 5) is 12.5. The van der Waals surface area contributed by atoms with Gasteiger partial charge in [0.25, 0.3) is 0 Å². The summed E-state index contributed by atoms with van der Waals surface area (Å²) in [6.07, 6.45) is -0.480. The lowest BCUT2D eigenvalue weighted by atomic mass is 10.3. The van der Waals surface area contributed by atoms with Crippen LogP contribution in [0.25, 0.3) is 5.69 Å². The normalized spacial score (nSPS) is 11.8. The predicted octanol–water partition coefficient (Wildman–Crippen LogP) is 6.69. The monoisotopic (exact) mass is 560 g/mol. The van der Waals surface area contributed by atoms with Crippen molar-refractivity contribution in [3.63, 3.8) is 0 Å². The van der Waals surface area contributed by atoms with Crippen molar-refractivity contribution in [3.05, 3.63) is 93.9 Å². The number of carbonyl (C=O) groups is 1. The average molecular weight is 562 g/mol. The van der Waals surface area contributed by atoms with Crippen LogP contribution in [0.5, 0.6) is 5.75 Å². The molecular weight excluding hydrogens is 543 g/mol. The standard InChI is InChI=1S/C24H19BrClFN4O2S/c1-15(33-19-10-7-16(27)8-11-19)23-29-30-24(31(23)18-5-3-2-4-6-18)34-14-22(32)28-17-9-12-20(25)21(26)13-17/h2-13,15H,14H2,1H3,(H,28,32). The van der Waals surface area contributed by atoms with Crippen molar-refractivity contribution in [1.82, 2.24) is 14.8 Å². The van der Waals surface area contributed by atoms with Crippen molar-refractivity contribution >= 4 is 50.9 Å². The maximum atomic E-state index is 13.2. The first-order valence-electron chi connectivity index (χ1n) is 10.2. The van der Waals surface area contributed by atoms with Gasteiger partial charge in [-0.25, -0.2) is 4.39 Å². The van der Waals surface area contributed by atoms with E-state index in [2.05, 4.69) is 31.4 Å². The van der Waals surface area contributed by atoms with E-state index in [4.69, 9.17) is 16.3 Å². The molecule has 0 saturated heterocycles. The SMILES string of the molecule is CC(Oc1ccc(F)cc1)c1nnc(SCC(=O)Nc2ccc(Br)c(Cl)c2)n1-c1ccccc1. The summed E-state index contributed by atoms with van der Waals surface area (Å²) in [5.41, 5.74) is 1.44. The van der Waals surface area contributed by atoms with E-state index >= 15 is 0 Å². The number of anilines is 1. The van der Waals surface area contributed by atoms with E-state index in [1.807, 2.05) is 41.8 Å². The third-order valence-corrected chi connectivity index (χ3v) is 6.86. The first-order valence-corrected chi connectivity index (χ1v) is 12.4. The number of nitrogens with one attached hydrogen (secondary N) is 1. The summed E-state index contributed by atoms with van der Waals surface area (Å²) in [7, 11) is 0. The first kappa shape index (κ1) is 24.3. The summed E-state index contributed by atoms with van der Waals surface area (Å²) in [5, 5.41) is 12.5. The highest BCUT2D eigenvalue weighted by atomic mass is 79.9. The molecule has 0 saturated carbocycles. The van der Waals surface area contributed by atoms with E-state index in [0.717, 1.165) is 10.2 Å². The third kappa shape index (κ3) is 5.97. The number of halogens is 3. The number of amides is 1. The van der Waals surface area contributed by atoms with Gasteiger partial charge in [-0.05, 0) is 77.5 Å². The molecule has 4 rings (SSSR count). The Morgan fingerprint density at radius 1 is 1.15 bits per heavy atom. The van der Waals surface area contributed by atoms with Gasteiger partial charge in [-0.1, -0.05) is 41.6 Å². The Labute approximate surface area is 213 Å². The number of aromatic nitrogens is 3. The number of nitrogens with zero attached hydrogens (tertiary/aromatic N) is 3. The van der Waals surface area contributed by atoms with Gasteiger partial charge in [0.2, 0.25) is 5.91 Å². The number of para-hydroxylation sites is 1. The molecule has 0 aliphatic heterocycles. The highest BCUT2D eigenvalue weighted by molar-refractivity contribution is 9.10. The van der Waals surface area contributed by atoms with Crippen LogP contribution in [-0.4, -0.2) is 26.4 Å². The van der Waals surface area contributed by atoms with Gasteiger partial charge in [0.15, 0.2) is 17.1 Å². The lowest BCUT2D eigenvalue weighted by Crippen LogP contribution is -2.15. The summed E-state index contributed by atoms with van der Waals surface area (Å²) < 4.78 is 21.8. The van der Waals surface area contributed by atoms with Crippen LogP contribution in [0.1, 0.15) is 18.9 Å². The molecule has 1 amide bonds. The Hall–Kier alpha value is -2.88. The molecule has 0 radical (unpaired) electrons. The maximum Gasteiger partial charge on any atom is 0.234 e. The van der Waals surface area contributed by atoms with Crippen LogP contribution in [0, 0.1) is 5.82 Å². The number of benzene rings is 3. The van der Waals surface area contributed by atoms with Gasteiger partial charge in [0, 0.05) is 15.8 Å². The Kier molecular flexibility index (Phi) is 7.87. The van der Waals surface area contributed by atoms with Crippen LogP contribution < -0.4 is 10.1 Å². The smallest absolute Gasteiger partial charge is 0.234 e. The van der Waals surface area contributed by atoms with Crippen molar-refractivity contribution < 1.29 is 13.9 Å². The zero-order valence-electron chi connectivity index (χ0n) is 17.9. The van der Waals surface area contributed by atoms with Gasteiger partial charge in [-0.15, -0.1) is 10.2 Å². The van der Waals surface area contributed by atoms with Gasteiger partial charge < -0.3 is 10.1 Å². The topological polar surface area (TPSA) is 69.0 Å². The van der Waals surface area contributed by atoms with E-state index in [1.165, 1.54) is 23.9 Å². The van der Waals surface area contributed by atoms with Gasteiger partial charge in [-0.3, -0.25) is 9.36 Å². The van der Waals surface area contributed by atoms with Crippen LogP contribution in [0.2, 0.25) is 5.02 Å². The molecule has 0 fully saturated rings. The van der Waals surface area contributed by atoms with Crippen LogP contribution in [0.3, 0.4) is 0 Å². The molecular formula is C24H19BrClFN4O2S. The molecule has 1 atom stereocenters. The number of ether oxygens (including phenoxy) is 1. The van der Waals surface area contributed by atoms with Crippen molar-refractivity contribution in [2.75, 3.05) is 11.1 Å². The fraction of sp³-hybridized carbons (Fsp3) is 0.125. The second kappa shape index (κ2) is 11.0. The Balaban J connectivity index is 1.52. The molecule has 1 aromatic heterocycles. The lowest BCUT2D eigenvalue weighted by Gasteiger charge is -2.16. The summed E-state index contributed by atoms with van der Waals surface area (Å²) in [5.74, 6) is 0.639. The average Bonchev–Trinajstić information content (AvgIpc) is 3.26. The molecule has 10 heteroatoms. The van der Waals surface area contributed by atoms with Crippen molar-refractivity contribution in [1.29, 1.82) is 0 Å². The van der Waals surface area contributed by atoms with Crippen LogP contribution in [0.15, 0.2) is 82.4 Å². The van der Waals surface area contributed by atoms with Crippen molar-refractivity contribution in [2.24, 2.45) is 0 Å². The van der Waals surface area contributed by atoms with Gasteiger partial charge in [0.05, 0.1) is 10.8 Å². The fourth-order valence-corrected chi connectivity index (χ4v) is 4.31. The third-order valence-electron chi connectivity index (χ3n) is 4.70. The summed E-state index contributed by atoms with van der Waals surface area (Å²) in [6, 6.07) is 20.6. The van der Waals surface area contributed by atoms with Crippen molar-refractivity contribution in [2.45, 2.75) is 18.2 Å². The largest absolute Gasteiger partial charge is 0.483 e. The minimum atomic E-state index is -0.480. The highest BCUT2D eigenvalue weighted by Gasteiger charge is 2.21. The Morgan fingerprint density at radius 2 is 1.88 bits per heavy atom. The van der Waals surface area contributed by atoms with Gasteiger partial charge in [-0.2, -0.15) is 0 Å². The summed E-state index contributed by atoms with van der Waals surface area (Å²) >= 11 is 10.7. The molecule has 1 N–H and O–H groups in total. The Morgan fingerprint density at radius 3 is 2.59 bits per heavy atom. The lowest BCUT2D eigenvalue weighted by molar-refractivity contribution is -0.113. The van der Waals surface area contributed by atoms with Crippen LogP contribution in [-0.2, 0) is 4.79 Å². The van der Waals surface area contributed by atoms with Crippen molar-refractivity contribution in [3.8, 4) is 11.4 Å². The molecule has 4 aromatic rings. The van der Waals surface area contributed by atoms with E-state index in [9.17, 15) is 9.18 Å². The van der Waals surface area contributed by atoms with Gasteiger partial charge >= 0.3 is 0 Å². The van der Waals surface area contributed by atoms with E-state index in [-0.39, 0.29) is 17.5 Å². The Bertz CT molecular complexity index is 1290. The molecule has 6 nitrogen and oxygen atoms in total. The second-order valence-electron chi connectivity index (χ2n) is 7.19. The number of hydrogen-bond acceptors (Lipinski definition) is 5. The van der Waals surface area contributed by atoms with E-state index < -0.39 is 6.10 Å². The zero-order valence-corrected chi connectivity index (χ0v) is 21.1. The number of rotatable bonds is 8. The molecule has 0 bridgehead atoms.